The van der Waals surface area contributed by atoms with Gasteiger partial charge in [-0.25, -0.2) is 0 Å². The zero-order valence-electron chi connectivity index (χ0n) is 7.46. The van der Waals surface area contributed by atoms with Crippen molar-refractivity contribution in [3.8, 4) is 0 Å². The predicted octanol–water partition coefficient (Wildman–Crippen LogP) is 2.90. The topological polar surface area (TPSA) is 12.0 Å². The number of nitrogens with one attached hydrogen (secondary N) is 1. The second kappa shape index (κ2) is 3.18. The Morgan fingerprint density at radius 3 is 2.42 bits per heavy atom. The SMILES string of the molecule is CC1CC(Nc2ccccc2)C1. The number of rotatable bonds is 2. The van der Waals surface area contributed by atoms with Gasteiger partial charge in [-0.2, -0.15) is 0 Å². The summed E-state index contributed by atoms with van der Waals surface area (Å²) in [5, 5.41) is 3.51. The molecule has 0 spiro atoms. The molecule has 1 saturated carbocycles. The van der Waals surface area contributed by atoms with Crippen molar-refractivity contribution in [2.24, 2.45) is 5.92 Å². The van der Waals surface area contributed by atoms with E-state index in [-0.39, 0.29) is 0 Å². The number of para-hydroxylation sites is 1. The van der Waals surface area contributed by atoms with Crippen molar-refractivity contribution in [1.29, 1.82) is 0 Å². The standard InChI is InChI=1S/C11H15N/c1-9-7-11(8-9)12-10-5-3-2-4-6-10/h2-6,9,11-12H,7-8H2,1H3. The van der Waals surface area contributed by atoms with Gasteiger partial charge >= 0.3 is 0 Å². The molecule has 0 unspecified atom stereocenters. The Balaban J connectivity index is 1.88. The summed E-state index contributed by atoms with van der Waals surface area (Å²) in [5.74, 6) is 0.922. The Bertz CT molecular complexity index is 236. The molecular weight excluding hydrogens is 146 g/mol. The highest BCUT2D eigenvalue weighted by molar-refractivity contribution is 5.43. The monoisotopic (exact) mass is 161 g/mol. The summed E-state index contributed by atoms with van der Waals surface area (Å²) in [6.45, 7) is 2.31. The van der Waals surface area contributed by atoms with Crippen molar-refractivity contribution in [2.45, 2.75) is 25.8 Å². The Hall–Kier alpha value is -0.980. The Morgan fingerprint density at radius 1 is 1.17 bits per heavy atom. The largest absolute Gasteiger partial charge is 0.382 e. The molecule has 0 saturated heterocycles. The molecule has 0 atom stereocenters. The lowest BCUT2D eigenvalue weighted by Crippen LogP contribution is -2.33. The molecule has 1 aromatic carbocycles. The third-order valence-electron chi connectivity index (χ3n) is 2.52. The Morgan fingerprint density at radius 2 is 1.83 bits per heavy atom. The molecule has 64 valence electrons. The van der Waals surface area contributed by atoms with Crippen molar-refractivity contribution >= 4 is 5.69 Å². The molecule has 1 aliphatic carbocycles. The second-order valence-corrected chi connectivity index (χ2v) is 3.78. The van der Waals surface area contributed by atoms with E-state index >= 15 is 0 Å². The predicted molar refractivity (Wildman–Crippen MR) is 52.3 cm³/mol. The minimum absolute atomic E-state index is 0.724. The van der Waals surface area contributed by atoms with Gasteiger partial charge in [-0.15, -0.1) is 0 Å². The molecule has 1 N–H and O–H groups in total. The molecule has 0 radical (unpaired) electrons. The molecular formula is C11H15N. The maximum Gasteiger partial charge on any atom is 0.0342 e. The van der Waals surface area contributed by atoms with Crippen molar-refractivity contribution < 1.29 is 0 Å². The van der Waals surface area contributed by atoms with Gasteiger partial charge in [-0.05, 0) is 30.9 Å². The molecule has 1 nitrogen and oxygen atoms in total. The van der Waals surface area contributed by atoms with Crippen LogP contribution in [0, 0.1) is 5.92 Å². The second-order valence-electron chi connectivity index (χ2n) is 3.78. The quantitative estimate of drug-likeness (QED) is 0.703. The van der Waals surface area contributed by atoms with Gasteiger partial charge in [-0.1, -0.05) is 25.1 Å². The maximum absolute atomic E-state index is 3.51. The lowest BCUT2D eigenvalue weighted by molar-refractivity contribution is 0.309. The molecule has 1 fully saturated rings. The summed E-state index contributed by atoms with van der Waals surface area (Å²) in [4.78, 5) is 0. The van der Waals surface area contributed by atoms with E-state index in [1.54, 1.807) is 0 Å². The van der Waals surface area contributed by atoms with Crippen molar-refractivity contribution in [2.75, 3.05) is 5.32 Å². The number of benzene rings is 1. The summed E-state index contributed by atoms with van der Waals surface area (Å²) >= 11 is 0. The third-order valence-corrected chi connectivity index (χ3v) is 2.52. The summed E-state index contributed by atoms with van der Waals surface area (Å²) in [5.41, 5.74) is 1.26. The van der Waals surface area contributed by atoms with Gasteiger partial charge in [0, 0.05) is 11.7 Å². The lowest BCUT2D eigenvalue weighted by Gasteiger charge is -2.34. The fraction of sp³-hybridized carbons (Fsp3) is 0.455. The van der Waals surface area contributed by atoms with Crippen LogP contribution in [0.1, 0.15) is 19.8 Å². The average molecular weight is 161 g/mol. The lowest BCUT2D eigenvalue weighted by atomic mass is 9.82. The molecule has 12 heavy (non-hydrogen) atoms. The van der Waals surface area contributed by atoms with E-state index in [2.05, 4.69) is 42.6 Å². The Labute approximate surface area is 73.8 Å². The first kappa shape index (κ1) is 7.66. The van der Waals surface area contributed by atoms with Crippen LogP contribution in [0.2, 0.25) is 0 Å². The molecule has 1 heteroatoms. The van der Waals surface area contributed by atoms with E-state index in [1.807, 2.05) is 0 Å². The first-order valence-corrected chi connectivity index (χ1v) is 4.66. The van der Waals surface area contributed by atoms with Gasteiger partial charge in [0.1, 0.15) is 0 Å². The first-order valence-electron chi connectivity index (χ1n) is 4.66. The fourth-order valence-corrected chi connectivity index (χ4v) is 1.79. The summed E-state index contributed by atoms with van der Waals surface area (Å²) < 4.78 is 0. The summed E-state index contributed by atoms with van der Waals surface area (Å²) in [6, 6.07) is 11.2. The minimum atomic E-state index is 0.724. The summed E-state index contributed by atoms with van der Waals surface area (Å²) in [7, 11) is 0. The van der Waals surface area contributed by atoms with Crippen LogP contribution in [-0.2, 0) is 0 Å². The highest BCUT2D eigenvalue weighted by atomic mass is 14.9. The zero-order chi connectivity index (χ0) is 8.39. The summed E-state index contributed by atoms with van der Waals surface area (Å²) in [6.07, 6.45) is 2.66. The van der Waals surface area contributed by atoms with Crippen LogP contribution in [0.4, 0.5) is 5.69 Å². The van der Waals surface area contributed by atoms with Gasteiger partial charge < -0.3 is 5.32 Å². The van der Waals surface area contributed by atoms with Crippen LogP contribution in [-0.4, -0.2) is 6.04 Å². The molecule has 0 aliphatic heterocycles. The van der Waals surface area contributed by atoms with E-state index < -0.39 is 0 Å². The molecule has 0 amide bonds. The third kappa shape index (κ3) is 1.60. The van der Waals surface area contributed by atoms with Crippen molar-refractivity contribution in [1.82, 2.24) is 0 Å². The van der Waals surface area contributed by atoms with Gasteiger partial charge in [0.15, 0.2) is 0 Å². The van der Waals surface area contributed by atoms with Crippen LogP contribution >= 0.6 is 0 Å². The van der Waals surface area contributed by atoms with E-state index in [0.717, 1.165) is 12.0 Å². The zero-order valence-corrected chi connectivity index (χ0v) is 7.46. The van der Waals surface area contributed by atoms with Crippen LogP contribution in [0.15, 0.2) is 30.3 Å². The van der Waals surface area contributed by atoms with Crippen LogP contribution in [0.5, 0.6) is 0 Å². The van der Waals surface area contributed by atoms with E-state index in [0.29, 0.717) is 0 Å². The van der Waals surface area contributed by atoms with E-state index in [9.17, 15) is 0 Å². The van der Waals surface area contributed by atoms with Gasteiger partial charge in [0.2, 0.25) is 0 Å². The maximum atomic E-state index is 3.51. The van der Waals surface area contributed by atoms with Crippen LogP contribution < -0.4 is 5.32 Å². The molecule has 1 aromatic rings. The van der Waals surface area contributed by atoms with Gasteiger partial charge in [-0.3, -0.25) is 0 Å². The average Bonchev–Trinajstić information content (AvgIpc) is 2.04. The fourth-order valence-electron chi connectivity index (χ4n) is 1.79. The van der Waals surface area contributed by atoms with E-state index in [4.69, 9.17) is 0 Å². The normalized spacial score (nSPS) is 27.8. The van der Waals surface area contributed by atoms with Crippen LogP contribution in [0.3, 0.4) is 0 Å². The van der Waals surface area contributed by atoms with Gasteiger partial charge in [0.05, 0.1) is 0 Å². The van der Waals surface area contributed by atoms with Gasteiger partial charge in [0.25, 0.3) is 0 Å². The Kier molecular flexibility index (Phi) is 2.03. The smallest absolute Gasteiger partial charge is 0.0342 e. The van der Waals surface area contributed by atoms with Crippen molar-refractivity contribution in [3.63, 3.8) is 0 Å². The van der Waals surface area contributed by atoms with Crippen molar-refractivity contribution in [3.05, 3.63) is 30.3 Å². The molecule has 0 bridgehead atoms. The molecule has 1 aliphatic rings. The number of anilines is 1. The number of hydrogen-bond acceptors (Lipinski definition) is 1. The molecule has 0 heterocycles. The number of hydrogen-bond donors (Lipinski definition) is 1. The molecule has 0 aromatic heterocycles. The highest BCUT2D eigenvalue weighted by Gasteiger charge is 2.24. The van der Waals surface area contributed by atoms with Crippen LogP contribution in [0.25, 0.3) is 0 Å². The van der Waals surface area contributed by atoms with E-state index in [1.165, 1.54) is 18.5 Å². The highest BCUT2D eigenvalue weighted by Crippen LogP contribution is 2.29. The first-order chi connectivity index (χ1) is 5.84. The molecule has 2 rings (SSSR count). The minimum Gasteiger partial charge on any atom is -0.382 e.